The van der Waals surface area contributed by atoms with E-state index in [4.69, 9.17) is 9.47 Å². The van der Waals surface area contributed by atoms with Crippen molar-refractivity contribution in [1.82, 2.24) is 19.6 Å². The summed E-state index contributed by atoms with van der Waals surface area (Å²) in [6, 6.07) is 9.56. The van der Waals surface area contributed by atoms with Crippen molar-refractivity contribution in [3.8, 4) is 0 Å². The smallest absolute Gasteiger partial charge is 0.410 e. The van der Waals surface area contributed by atoms with Crippen LogP contribution in [0.15, 0.2) is 59.1 Å². The number of aliphatic hydroxyl groups excluding tert-OH is 1. The maximum Gasteiger partial charge on any atom is 0.410 e. The van der Waals surface area contributed by atoms with Crippen LogP contribution in [0.1, 0.15) is 37.8 Å². The monoisotopic (exact) mass is 798 g/mol. The number of ether oxygens (including phenoxy) is 2. The average Bonchev–Trinajstić information content (AvgIpc) is 3.59. The van der Waals surface area contributed by atoms with Crippen molar-refractivity contribution in [3.63, 3.8) is 0 Å². The number of rotatable bonds is 13. The molecule has 300 valence electrons. The molecule has 3 amide bonds. The second kappa shape index (κ2) is 17.3. The predicted octanol–water partition coefficient (Wildman–Crippen LogP) is 3.63. The van der Waals surface area contributed by atoms with Gasteiger partial charge in [-0.25, -0.2) is 14.0 Å². The molecule has 4 aliphatic heterocycles. The number of nitro groups is 2. The molecule has 56 heavy (non-hydrogen) atoms. The Morgan fingerprint density at radius 2 is 1.55 bits per heavy atom. The summed E-state index contributed by atoms with van der Waals surface area (Å²) in [5, 5.41) is 32.2. The second-order valence-corrected chi connectivity index (χ2v) is 15.6. The Labute approximate surface area is 325 Å². The first-order valence-electron chi connectivity index (χ1n) is 18.3. The molecule has 3 fully saturated rings. The molecule has 4 aliphatic rings. The van der Waals surface area contributed by atoms with Crippen molar-refractivity contribution in [2.24, 2.45) is 11.8 Å². The van der Waals surface area contributed by atoms with Crippen molar-refractivity contribution in [1.29, 1.82) is 0 Å². The van der Waals surface area contributed by atoms with Gasteiger partial charge < -0.3 is 24.4 Å². The van der Waals surface area contributed by atoms with Crippen molar-refractivity contribution < 1.29 is 48.0 Å². The number of amides is 3. The number of nitro benzene ring substituents is 2. The quantitative estimate of drug-likeness (QED) is 0.133. The Bertz CT molecular complexity index is 1880. The van der Waals surface area contributed by atoms with Crippen LogP contribution in [0.2, 0.25) is 0 Å². The Morgan fingerprint density at radius 3 is 2.12 bits per heavy atom. The Morgan fingerprint density at radius 1 is 0.946 bits per heavy atom. The van der Waals surface area contributed by atoms with Crippen LogP contribution in [-0.4, -0.2) is 128 Å². The van der Waals surface area contributed by atoms with E-state index in [9.17, 15) is 48.9 Å². The van der Waals surface area contributed by atoms with Crippen LogP contribution in [0.3, 0.4) is 0 Å². The normalized spacial score (nSPS) is 24.3. The minimum atomic E-state index is -0.989. The lowest BCUT2D eigenvalue weighted by molar-refractivity contribution is -0.385. The van der Waals surface area contributed by atoms with E-state index in [-0.39, 0.29) is 55.7 Å². The van der Waals surface area contributed by atoms with Crippen molar-refractivity contribution in [2.75, 3.05) is 45.9 Å². The average molecular weight is 799 g/mol. The number of fused-ring (bicyclic) bond motifs is 1. The first kappa shape index (κ1) is 40.5. The predicted molar refractivity (Wildman–Crippen MR) is 198 cm³/mol. The Kier molecular flexibility index (Phi) is 12.5. The summed E-state index contributed by atoms with van der Waals surface area (Å²) in [5.41, 5.74) is 0.750. The molecule has 2 aromatic rings. The van der Waals surface area contributed by atoms with Crippen LogP contribution < -0.4 is 0 Å². The molecule has 0 saturated carbocycles. The zero-order valence-electron chi connectivity index (χ0n) is 30.9. The molecule has 0 aliphatic carbocycles. The lowest BCUT2D eigenvalue weighted by atomic mass is 9.79. The molecule has 6 rings (SSSR count). The molecular formula is C37H43FN6O11S. The molecule has 6 atom stereocenters. The fourth-order valence-electron chi connectivity index (χ4n) is 7.79. The SMILES string of the molecule is C[C@@H](O)[C@H]1C(=O)N2C(C(=O)OCc3ccc([N+](=O)[O-])cc3)=C(S[C@H]3C[C@@H](C(=O)N4CCCN(CCF)CC4)N(C(=O)OCc4ccc([N+](=O)[O-])cc4)C3)[C@H](C)[C@H]12. The van der Waals surface area contributed by atoms with Gasteiger partial charge in [-0.15, -0.1) is 11.8 Å². The highest BCUT2D eigenvalue weighted by atomic mass is 32.2. The number of alkyl halides is 1. The number of likely N-dealkylation sites (tertiary alicyclic amines) is 1. The number of esters is 1. The van der Waals surface area contributed by atoms with E-state index in [1.807, 2.05) is 11.8 Å². The van der Waals surface area contributed by atoms with Gasteiger partial charge in [0.25, 0.3) is 11.4 Å². The Balaban J connectivity index is 1.23. The van der Waals surface area contributed by atoms with Crippen LogP contribution in [-0.2, 0) is 37.1 Å². The van der Waals surface area contributed by atoms with Crippen LogP contribution in [0.5, 0.6) is 0 Å². The number of hydrogen-bond donors (Lipinski definition) is 1. The van der Waals surface area contributed by atoms with E-state index >= 15 is 0 Å². The molecule has 0 unspecified atom stereocenters. The topological polar surface area (TPSA) is 206 Å². The molecule has 0 spiro atoms. The van der Waals surface area contributed by atoms with Crippen LogP contribution in [0.4, 0.5) is 20.6 Å². The van der Waals surface area contributed by atoms with Gasteiger partial charge in [0.15, 0.2) is 0 Å². The highest BCUT2D eigenvalue weighted by Gasteiger charge is 2.60. The van der Waals surface area contributed by atoms with Gasteiger partial charge in [0, 0.05) is 73.1 Å². The number of hydrogen-bond acceptors (Lipinski definition) is 13. The fourth-order valence-corrected chi connectivity index (χ4v) is 9.31. The number of thioether (sulfide) groups is 1. The van der Waals surface area contributed by atoms with Crippen LogP contribution in [0.25, 0.3) is 0 Å². The number of aliphatic hydroxyl groups is 1. The standard InChI is InChI=1S/C37H43FN6O11S/c1-22-31-30(23(2)45)35(47)42(31)32(36(48)54-20-24-4-8-26(9-5-24)43(50)51)33(22)56-28-18-29(34(46)40-14-3-13-39(15-12-38)16-17-40)41(19-28)37(49)55-21-25-6-10-27(11-7-25)44(52)53/h4-11,22-23,28-31,45H,3,12-21H2,1-2H3/t22-,23-,28+,29+,30-,31-/m1/s1. The number of halogens is 1. The van der Waals surface area contributed by atoms with E-state index in [1.165, 1.54) is 77.0 Å². The summed E-state index contributed by atoms with van der Waals surface area (Å²) in [7, 11) is 0. The molecule has 0 aromatic heterocycles. The highest BCUT2D eigenvalue weighted by Crippen LogP contribution is 2.52. The maximum atomic E-state index is 14.2. The molecule has 2 aromatic carbocycles. The third-order valence-corrected chi connectivity index (χ3v) is 12.2. The van der Waals surface area contributed by atoms with Gasteiger partial charge in [-0.1, -0.05) is 6.92 Å². The number of benzene rings is 2. The van der Waals surface area contributed by atoms with Gasteiger partial charge in [-0.2, -0.15) is 0 Å². The summed E-state index contributed by atoms with van der Waals surface area (Å²) in [4.78, 5) is 83.0. The summed E-state index contributed by atoms with van der Waals surface area (Å²) < 4.78 is 24.4. The van der Waals surface area contributed by atoms with Crippen LogP contribution in [0, 0.1) is 32.1 Å². The van der Waals surface area contributed by atoms with Gasteiger partial charge in [-0.05, 0) is 61.7 Å². The zero-order valence-corrected chi connectivity index (χ0v) is 31.7. The first-order chi connectivity index (χ1) is 26.8. The van der Waals surface area contributed by atoms with E-state index in [2.05, 4.69) is 0 Å². The molecule has 1 N–H and O–H groups in total. The summed E-state index contributed by atoms with van der Waals surface area (Å²) in [5.74, 6) is -2.71. The van der Waals surface area contributed by atoms with Gasteiger partial charge in [-0.3, -0.25) is 39.6 Å². The number of carbonyl (C=O) groups excluding carboxylic acids is 4. The third-order valence-electron chi connectivity index (χ3n) is 10.7. The van der Waals surface area contributed by atoms with Crippen molar-refractivity contribution in [3.05, 3.63) is 90.5 Å². The number of carbonyl (C=O) groups is 4. The fraction of sp³-hybridized carbons (Fsp3) is 0.514. The minimum absolute atomic E-state index is 0.0128. The van der Waals surface area contributed by atoms with Crippen LogP contribution >= 0.6 is 11.8 Å². The molecule has 0 radical (unpaired) electrons. The van der Waals surface area contributed by atoms with Gasteiger partial charge >= 0.3 is 12.1 Å². The summed E-state index contributed by atoms with van der Waals surface area (Å²) >= 11 is 1.26. The Hall–Kier alpha value is -5.14. The van der Waals surface area contributed by atoms with Gasteiger partial charge in [0.2, 0.25) is 11.8 Å². The molecule has 17 nitrogen and oxygen atoms in total. The molecule has 4 heterocycles. The zero-order chi connectivity index (χ0) is 40.3. The van der Waals surface area contributed by atoms with E-state index < -0.39 is 69.8 Å². The van der Waals surface area contributed by atoms with Crippen molar-refractivity contribution in [2.45, 2.75) is 63.3 Å². The number of nitrogens with zero attached hydrogens (tertiary/aromatic N) is 6. The lowest BCUT2D eigenvalue weighted by Crippen LogP contribution is -2.63. The lowest BCUT2D eigenvalue weighted by Gasteiger charge is -2.46. The number of β-lactam (4-membered cyclic amide) rings is 1. The molecule has 0 bridgehead atoms. The molecule has 19 heteroatoms. The van der Waals surface area contributed by atoms with Gasteiger partial charge in [0.1, 0.15) is 31.6 Å². The van der Waals surface area contributed by atoms with E-state index in [0.717, 1.165) is 0 Å². The largest absolute Gasteiger partial charge is 0.456 e. The molecule has 3 saturated heterocycles. The van der Waals surface area contributed by atoms with E-state index in [0.29, 0.717) is 48.6 Å². The first-order valence-corrected chi connectivity index (χ1v) is 19.2. The number of non-ortho nitro benzene ring substituents is 2. The van der Waals surface area contributed by atoms with E-state index in [1.54, 1.807) is 4.90 Å². The summed E-state index contributed by atoms with van der Waals surface area (Å²) in [6.07, 6.45) is -0.965. The highest BCUT2D eigenvalue weighted by molar-refractivity contribution is 8.03. The molecular weight excluding hydrogens is 756 g/mol. The summed E-state index contributed by atoms with van der Waals surface area (Å²) in [6.45, 7) is 4.55. The van der Waals surface area contributed by atoms with Crippen molar-refractivity contribution >= 4 is 47.0 Å². The van der Waals surface area contributed by atoms with Gasteiger partial charge in [0.05, 0.1) is 27.9 Å². The third kappa shape index (κ3) is 8.48. The maximum absolute atomic E-state index is 14.2. The second-order valence-electron chi connectivity index (χ2n) is 14.3. The minimum Gasteiger partial charge on any atom is -0.456 e.